The van der Waals surface area contributed by atoms with Crippen molar-refractivity contribution in [2.24, 2.45) is 11.8 Å². The minimum atomic E-state index is -0.894. The van der Waals surface area contributed by atoms with Crippen molar-refractivity contribution in [2.45, 2.75) is 46.9 Å². The van der Waals surface area contributed by atoms with Crippen LogP contribution < -0.4 is 4.90 Å². The van der Waals surface area contributed by atoms with Crippen LogP contribution in [0.25, 0.3) is 11.0 Å². The average molecular weight is 680 g/mol. The van der Waals surface area contributed by atoms with Crippen molar-refractivity contribution in [1.29, 1.82) is 0 Å². The van der Waals surface area contributed by atoms with Gasteiger partial charge in [-0.15, -0.1) is 30.0 Å². The summed E-state index contributed by atoms with van der Waals surface area (Å²) in [5.74, 6) is -2.10. The van der Waals surface area contributed by atoms with Gasteiger partial charge in [0.05, 0.1) is 34.7 Å². The van der Waals surface area contributed by atoms with E-state index in [0.717, 1.165) is 11.2 Å². The third kappa shape index (κ3) is 4.78. The number of alkyl halides is 1. The maximum absolute atomic E-state index is 14.7. The highest BCUT2D eigenvalue weighted by Crippen LogP contribution is 2.68. The summed E-state index contributed by atoms with van der Waals surface area (Å²) in [6.45, 7) is 9.78. The number of aliphatic hydroxyl groups is 1. The zero-order valence-corrected chi connectivity index (χ0v) is 26.8. The molecule has 0 saturated carbocycles. The maximum Gasteiger partial charge on any atom is 0.248 e. The molecule has 0 aliphatic carbocycles. The third-order valence-electron chi connectivity index (χ3n) is 9.02. The molecule has 3 unspecified atom stereocenters. The summed E-state index contributed by atoms with van der Waals surface area (Å²) in [7, 11) is 0. The number of fused-ring (bicyclic) bond motifs is 2. The van der Waals surface area contributed by atoms with Crippen molar-refractivity contribution in [1.82, 2.24) is 24.8 Å². The fourth-order valence-electron chi connectivity index (χ4n) is 7.16. The minimum absolute atomic E-state index is 0.0846. The lowest BCUT2D eigenvalue weighted by atomic mass is 9.70. The number of thioether (sulfide) groups is 1. The van der Waals surface area contributed by atoms with E-state index in [1.54, 1.807) is 45.3 Å². The number of carbonyl (C=O) groups is 3. The maximum atomic E-state index is 14.7. The molecular weight excluding hydrogens is 644 g/mol. The monoisotopic (exact) mass is 678 g/mol. The van der Waals surface area contributed by atoms with Gasteiger partial charge in [0.25, 0.3) is 0 Å². The number of hydrogen-bond acceptors (Lipinski definition) is 7. The molecule has 44 heavy (non-hydrogen) atoms. The van der Waals surface area contributed by atoms with Crippen LogP contribution in [0.4, 0.5) is 5.69 Å². The topological polar surface area (TPSA) is 112 Å². The van der Waals surface area contributed by atoms with E-state index in [9.17, 15) is 19.5 Å². The molecule has 1 spiro atoms. The van der Waals surface area contributed by atoms with Gasteiger partial charge in [-0.2, -0.15) is 0 Å². The molecule has 3 aromatic rings. The lowest BCUT2D eigenvalue weighted by molar-refractivity contribution is -0.146. The zero-order chi connectivity index (χ0) is 31.2. The van der Waals surface area contributed by atoms with Gasteiger partial charge in [0, 0.05) is 28.9 Å². The van der Waals surface area contributed by atoms with Crippen LogP contribution in [0.3, 0.4) is 0 Å². The Bertz CT molecular complexity index is 1600. The molecule has 1 aromatic heterocycles. The molecule has 10 nitrogen and oxygen atoms in total. The lowest BCUT2D eigenvalue weighted by Crippen LogP contribution is -2.57. The van der Waals surface area contributed by atoms with E-state index >= 15 is 0 Å². The first-order valence-corrected chi connectivity index (χ1v) is 16.5. The number of nitrogens with zero attached hydrogens (tertiary/aromatic N) is 6. The van der Waals surface area contributed by atoms with Crippen LogP contribution in [0.2, 0.25) is 0 Å². The molecule has 0 radical (unpaired) electrons. The second-order valence-corrected chi connectivity index (χ2v) is 14.3. The summed E-state index contributed by atoms with van der Waals surface area (Å²) in [5, 5.41) is 18.6. The normalized spacial score (nSPS) is 27.8. The summed E-state index contributed by atoms with van der Waals surface area (Å²) in [5.41, 5.74) is 2.21. The first kappa shape index (κ1) is 30.5. The molecule has 12 heteroatoms. The van der Waals surface area contributed by atoms with Gasteiger partial charge >= 0.3 is 0 Å². The molecule has 2 bridgehead atoms. The number of anilines is 1. The average Bonchev–Trinajstić information content (AvgIpc) is 3.76. The van der Waals surface area contributed by atoms with Gasteiger partial charge in [0.1, 0.15) is 18.2 Å². The predicted octanol–water partition coefficient (Wildman–Crippen LogP) is 3.47. The summed E-state index contributed by atoms with van der Waals surface area (Å²) in [6.07, 6.45) is 3.86. The van der Waals surface area contributed by atoms with Gasteiger partial charge in [-0.25, -0.2) is 4.68 Å². The van der Waals surface area contributed by atoms with E-state index in [4.69, 9.17) is 0 Å². The lowest BCUT2D eigenvalue weighted by Gasteiger charge is -2.39. The van der Waals surface area contributed by atoms with Gasteiger partial charge in [0.2, 0.25) is 17.7 Å². The Morgan fingerprint density at radius 1 is 1.14 bits per heavy atom. The number of aliphatic hydroxyl groups excluding tert-OH is 1. The highest BCUT2D eigenvalue weighted by molar-refractivity contribution is 9.09. The van der Waals surface area contributed by atoms with E-state index in [0.29, 0.717) is 11.9 Å². The largest absolute Gasteiger partial charge is 0.394 e. The number of likely N-dealkylation sites (tertiary alicyclic amines) is 1. The Kier molecular flexibility index (Phi) is 8.42. The van der Waals surface area contributed by atoms with Crippen LogP contribution >= 0.6 is 27.7 Å². The van der Waals surface area contributed by atoms with Gasteiger partial charge in [-0.05, 0) is 37.6 Å². The molecule has 4 heterocycles. The van der Waals surface area contributed by atoms with Gasteiger partial charge in [-0.1, -0.05) is 63.6 Å². The van der Waals surface area contributed by atoms with Crippen molar-refractivity contribution in [3.05, 3.63) is 79.9 Å². The molecule has 3 saturated heterocycles. The predicted molar refractivity (Wildman–Crippen MR) is 174 cm³/mol. The standard InChI is InChI=1S/C32H35BrN6O4S/c1-4-15-36(19-38-24-14-10-9-13-23(24)34-35-38)31(43)28-32-17-22(33)27(44-32)25(26(32)30(42)39(28)20(3)18-40)29(41)37(16-5-2)21-11-7-6-8-12-21/h4-14,20,22,25-28,40H,1-2,15-19H2,3H3/t20-,22?,25+,26+,27+,28?,32?/m1/s1. The van der Waals surface area contributed by atoms with Gasteiger partial charge < -0.3 is 19.8 Å². The Balaban J connectivity index is 1.40. The molecule has 6 rings (SSSR count). The van der Waals surface area contributed by atoms with Crippen molar-refractivity contribution < 1.29 is 19.5 Å². The van der Waals surface area contributed by atoms with Crippen molar-refractivity contribution >= 4 is 62.1 Å². The molecule has 7 atom stereocenters. The van der Waals surface area contributed by atoms with Crippen LogP contribution in [0.5, 0.6) is 0 Å². The molecule has 3 fully saturated rings. The summed E-state index contributed by atoms with van der Waals surface area (Å²) in [6, 6.07) is 15.4. The van der Waals surface area contributed by atoms with Gasteiger partial charge in [-0.3, -0.25) is 14.4 Å². The van der Waals surface area contributed by atoms with Gasteiger partial charge in [0.15, 0.2) is 0 Å². The second-order valence-electron chi connectivity index (χ2n) is 11.6. The van der Waals surface area contributed by atoms with E-state index in [1.165, 1.54) is 4.90 Å². The number of aromatic nitrogens is 3. The zero-order valence-electron chi connectivity index (χ0n) is 24.4. The SMILES string of the molecule is C=CCN(Cn1nnc2ccccc21)C(=O)C1N([C@H](C)CO)C(=O)[C@@H]2[C@H](C(=O)N(CC=C)c3ccccc3)[C@H]3SC12CC3Br. The fraction of sp³-hybridized carbons (Fsp3) is 0.406. The van der Waals surface area contributed by atoms with Crippen LogP contribution in [-0.4, -0.2) is 94.2 Å². The van der Waals surface area contributed by atoms with Crippen LogP contribution in [0.1, 0.15) is 13.3 Å². The molecule has 3 aliphatic rings. The van der Waals surface area contributed by atoms with Crippen LogP contribution in [-0.2, 0) is 21.1 Å². The van der Waals surface area contributed by atoms with E-state index in [-0.39, 0.29) is 54.2 Å². The van der Waals surface area contributed by atoms with E-state index in [1.807, 2.05) is 54.6 Å². The highest BCUT2D eigenvalue weighted by Gasteiger charge is 2.76. The first-order chi connectivity index (χ1) is 21.3. The molecule has 230 valence electrons. The molecule has 2 aromatic carbocycles. The number of carbonyl (C=O) groups excluding carboxylic acids is 3. The summed E-state index contributed by atoms with van der Waals surface area (Å²) >= 11 is 5.41. The summed E-state index contributed by atoms with van der Waals surface area (Å²) in [4.78, 5) is 48.4. The molecule has 1 N–H and O–H groups in total. The number of halogens is 1. The van der Waals surface area contributed by atoms with Crippen molar-refractivity contribution in [2.75, 3.05) is 24.6 Å². The number of rotatable bonds is 11. The van der Waals surface area contributed by atoms with Crippen molar-refractivity contribution in [3.8, 4) is 0 Å². The highest BCUT2D eigenvalue weighted by atomic mass is 79.9. The Morgan fingerprint density at radius 2 is 1.84 bits per heavy atom. The van der Waals surface area contributed by atoms with E-state index in [2.05, 4.69) is 39.4 Å². The summed E-state index contributed by atoms with van der Waals surface area (Å²) < 4.78 is 0.797. The van der Waals surface area contributed by atoms with Crippen molar-refractivity contribution in [3.63, 3.8) is 0 Å². The number of hydrogen-bond donors (Lipinski definition) is 1. The number of para-hydroxylation sites is 2. The fourth-order valence-corrected chi connectivity index (χ4v) is 10.7. The first-order valence-electron chi connectivity index (χ1n) is 14.7. The minimum Gasteiger partial charge on any atom is -0.394 e. The second kappa shape index (κ2) is 12.1. The Labute approximate surface area is 268 Å². The smallest absolute Gasteiger partial charge is 0.248 e. The molecular formula is C32H35BrN6O4S. The van der Waals surface area contributed by atoms with E-state index < -0.39 is 28.7 Å². The quantitative estimate of drug-likeness (QED) is 0.244. The number of benzene rings is 2. The third-order valence-corrected chi connectivity index (χ3v) is 12.2. The van der Waals surface area contributed by atoms with Crippen LogP contribution in [0, 0.1) is 11.8 Å². The molecule has 3 aliphatic heterocycles. The Hall–Kier alpha value is -3.48. The number of amides is 3. The van der Waals surface area contributed by atoms with Crippen LogP contribution in [0.15, 0.2) is 79.9 Å². The Morgan fingerprint density at radius 3 is 2.55 bits per heavy atom. The molecule has 3 amide bonds.